The van der Waals surface area contributed by atoms with Crippen LogP contribution in [0.4, 0.5) is 18.9 Å². The number of halogens is 4. The second kappa shape index (κ2) is 4.93. The molecule has 2 rings (SSSR count). The molecule has 0 radical (unpaired) electrons. The minimum atomic E-state index is -4.64. The number of nitrogens with two attached hydrogens (primary N) is 1. The van der Waals surface area contributed by atoms with E-state index in [0.29, 0.717) is 11.9 Å². The summed E-state index contributed by atoms with van der Waals surface area (Å²) in [6.45, 7) is 0. The normalized spacial score (nSPS) is 11.4. The zero-order chi connectivity index (χ0) is 14.0. The first-order chi connectivity index (χ1) is 8.86. The largest absolute Gasteiger partial charge is 0.438 e. The molecule has 0 aliphatic rings. The van der Waals surface area contributed by atoms with E-state index in [-0.39, 0.29) is 11.0 Å². The van der Waals surface area contributed by atoms with Crippen molar-refractivity contribution in [3.8, 4) is 11.6 Å². The number of hydrogen-bond acceptors (Lipinski definition) is 4. The Hall–Kier alpha value is -2.02. The third-order valence-corrected chi connectivity index (χ3v) is 2.28. The van der Waals surface area contributed by atoms with Gasteiger partial charge in [0.05, 0.1) is 0 Å². The Bertz CT molecular complexity index is 604. The number of hydrogen-bond donors (Lipinski definition) is 1. The summed E-state index contributed by atoms with van der Waals surface area (Å²) in [6, 6.07) is 5.94. The van der Waals surface area contributed by atoms with E-state index in [0.717, 1.165) is 0 Å². The molecule has 0 saturated heterocycles. The van der Waals surface area contributed by atoms with Crippen LogP contribution in [0.5, 0.6) is 11.6 Å². The van der Waals surface area contributed by atoms with E-state index in [2.05, 4.69) is 9.97 Å². The monoisotopic (exact) mass is 289 g/mol. The van der Waals surface area contributed by atoms with Gasteiger partial charge in [-0.05, 0) is 23.7 Å². The van der Waals surface area contributed by atoms with Crippen LogP contribution in [-0.2, 0) is 6.18 Å². The van der Waals surface area contributed by atoms with E-state index in [9.17, 15) is 13.2 Å². The maximum absolute atomic E-state index is 12.7. The van der Waals surface area contributed by atoms with Crippen molar-refractivity contribution in [3.05, 3.63) is 41.3 Å². The highest BCUT2D eigenvalue weighted by Crippen LogP contribution is 2.37. The highest BCUT2D eigenvalue weighted by Gasteiger charge is 2.36. The Morgan fingerprint density at radius 3 is 2.63 bits per heavy atom. The Labute approximate surface area is 111 Å². The number of anilines is 1. The molecule has 100 valence electrons. The van der Waals surface area contributed by atoms with Gasteiger partial charge in [0.25, 0.3) is 0 Å². The fraction of sp³-hybridized carbons (Fsp3) is 0.0909. The fourth-order valence-corrected chi connectivity index (χ4v) is 1.43. The van der Waals surface area contributed by atoms with Crippen molar-refractivity contribution >= 4 is 17.3 Å². The molecule has 2 N–H and O–H groups in total. The summed E-state index contributed by atoms with van der Waals surface area (Å²) < 4.78 is 43.3. The van der Waals surface area contributed by atoms with Gasteiger partial charge in [-0.3, -0.25) is 0 Å². The number of ether oxygens (including phenoxy) is 1. The van der Waals surface area contributed by atoms with Crippen LogP contribution in [0.3, 0.4) is 0 Å². The predicted molar refractivity (Wildman–Crippen MR) is 63.0 cm³/mol. The van der Waals surface area contributed by atoms with Crippen LogP contribution in [0.1, 0.15) is 5.56 Å². The summed E-state index contributed by atoms with van der Waals surface area (Å²) in [5.74, 6) is -0.543. The van der Waals surface area contributed by atoms with Crippen molar-refractivity contribution in [2.24, 2.45) is 0 Å². The lowest BCUT2D eigenvalue weighted by Gasteiger charge is -2.12. The Kier molecular flexibility index (Phi) is 3.48. The van der Waals surface area contributed by atoms with E-state index >= 15 is 0 Å². The molecular formula is C11H7ClF3N3O. The maximum Gasteiger partial charge on any atom is 0.423 e. The lowest BCUT2D eigenvalue weighted by Crippen LogP contribution is -2.09. The minimum absolute atomic E-state index is 0.125. The zero-order valence-electron chi connectivity index (χ0n) is 9.28. The molecule has 0 fully saturated rings. The fourth-order valence-electron chi connectivity index (χ4n) is 1.31. The van der Waals surface area contributed by atoms with E-state index in [1.807, 2.05) is 0 Å². The van der Waals surface area contributed by atoms with Crippen LogP contribution < -0.4 is 10.5 Å². The number of rotatable bonds is 2. The molecule has 8 heteroatoms. The van der Waals surface area contributed by atoms with Gasteiger partial charge in [-0.1, -0.05) is 6.07 Å². The van der Waals surface area contributed by atoms with Crippen molar-refractivity contribution in [1.82, 2.24) is 9.97 Å². The molecule has 0 amide bonds. The van der Waals surface area contributed by atoms with Gasteiger partial charge in [-0.15, -0.1) is 0 Å². The molecule has 0 bridgehead atoms. The van der Waals surface area contributed by atoms with Crippen LogP contribution in [-0.4, -0.2) is 9.97 Å². The number of alkyl halides is 3. The highest BCUT2D eigenvalue weighted by molar-refractivity contribution is 6.28. The van der Waals surface area contributed by atoms with Crippen LogP contribution >= 0.6 is 11.6 Å². The summed E-state index contributed by atoms with van der Waals surface area (Å²) >= 11 is 5.47. The number of nitrogens with zero attached hydrogens (tertiary/aromatic N) is 2. The van der Waals surface area contributed by atoms with Gasteiger partial charge in [0, 0.05) is 18.0 Å². The first kappa shape index (κ1) is 13.4. The average molecular weight is 290 g/mol. The second-order valence-electron chi connectivity index (χ2n) is 3.53. The first-order valence-electron chi connectivity index (χ1n) is 4.99. The molecule has 2 aromatic rings. The molecule has 19 heavy (non-hydrogen) atoms. The van der Waals surface area contributed by atoms with Crippen molar-refractivity contribution in [2.75, 3.05) is 5.73 Å². The third kappa shape index (κ3) is 3.25. The summed E-state index contributed by atoms with van der Waals surface area (Å²) in [7, 11) is 0. The van der Waals surface area contributed by atoms with Gasteiger partial charge in [-0.25, -0.2) is 4.98 Å². The summed E-state index contributed by atoms with van der Waals surface area (Å²) in [4.78, 5) is 6.73. The van der Waals surface area contributed by atoms with Crippen LogP contribution in [0.15, 0.2) is 30.5 Å². The van der Waals surface area contributed by atoms with E-state index in [4.69, 9.17) is 22.1 Å². The maximum atomic E-state index is 12.7. The van der Waals surface area contributed by atoms with Gasteiger partial charge in [0.1, 0.15) is 11.3 Å². The molecule has 1 aromatic heterocycles. The molecule has 0 aliphatic carbocycles. The average Bonchev–Trinajstić information content (AvgIpc) is 2.27. The lowest BCUT2D eigenvalue weighted by molar-refractivity contribution is -0.139. The summed E-state index contributed by atoms with van der Waals surface area (Å²) in [5.41, 5.74) is 4.75. The van der Waals surface area contributed by atoms with Gasteiger partial charge in [0.2, 0.25) is 11.2 Å². The summed E-state index contributed by atoms with van der Waals surface area (Å²) in [5, 5.41) is -0.341. The zero-order valence-corrected chi connectivity index (χ0v) is 10.0. The quantitative estimate of drug-likeness (QED) is 0.679. The van der Waals surface area contributed by atoms with Crippen molar-refractivity contribution in [3.63, 3.8) is 0 Å². The van der Waals surface area contributed by atoms with Gasteiger partial charge in [0.15, 0.2) is 0 Å². The second-order valence-corrected chi connectivity index (χ2v) is 3.87. The van der Waals surface area contributed by atoms with Crippen LogP contribution in [0.2, 0.25) is 5.28 Å². The topological polar surface area (TPSA) is 61.0 Å². The molecule has 4 nitrogen and oxygen atoms in total. The van der Waals surface area contributed by atoms with Crippen LogP contribution in [0.25, 0.3) is 0 Å². The van der Waals surface area contributed by atoms with Crippen molar-refractivity contribution < 1.29 is 17.9 Å². The van der Waals surface area contributed by atoms with Gasteiger partial charge < -0.3 is 10.5 Å². The Balaban J connectivity index is 2.41. The van der Waals surface area contributed by atoms with E-state index in [1.165, 1.54) is 12.1 Å². The van der Waals surface area contributed by atoms with Gasteiger partial charge >= 0.3 is 6.18 Å². The highest BCUT2D eigenvalue weighted by atomic mass is 35.5. The van der Waals surface area contributed by atoms with Crippen molar-refractivity contribution in [1.29, 1.82) is 0 Å². The predicted octanol–water partition coefficient (Wildman–Crippen LogP) is 3.52. The molecular weight excluding hydrogens is 283 g/mol. The third-order valence-electron chi connectivity index (χ3n) is 2.10. The van der Waals surface area contributed by atoms with Crippen LogP contribution in [0, 0.1) is 0 Å². The standard InChI is InChI=1S/C11H7ClF3N3O/c12-10-17-5-8(11(13,14)15)9(18-10)19-7-3-1-2-6(16)4-7/h1-5H,16H2. The molecule has 0 saturated carbocycles. The number of aromatic nitrogens is 2. The molecule has 1 aromatic carbocycles. The molecule has 0 spiro atoms. The van der Waals surface area contributed by atoms with E-state index in [1.54, 1.807) is 12.1 Å². The summed E-state index contributed by atoms with van der Waals surface area (Å²) in [6.07, 6.45) is -4.07. The SMILES string of the molecule is Nc1cccc(Oc2nc(Cl)ncc2C(F)(F)F)c1. The van der Waals surface area contributed by atoms with Gasteiger partial charge in [-0.2, -0.15) is 18.2 Å². The minimum Gasteiger partial charge on any atom is -0.438 e. The molecule has 0 aliphatic heterocycles. The smallest absolute Gasteiger partial charge is 0.423 e. The number of benzene rings is 1. The molecule has 1 heterocycles. The van der Waals surface area contributed by atoms with Crippen molar-refractivity contribution in [2.45, 2.75) is 6.18 Å². The Morgan fingerprint density at radius 2 is 2.00 bits per heavy atom. The Morgan fingerprint density at radius 1 is 1.26 bits per heavy atom. The molecule has 0 unspecified atom stereocenters. The molecule has 0 atom stereocenters. The van der Waals surface area contributed by atoms with E-state index < -0.39 is 17.6 Å². The first-order valence-corrected chi connectivity index (χ1v) is 5.37. The number of nitrogen functional groups attached to an aromatic ring is 1. The lowest BCUT2D eigenvalue weighted by atomic mass is 10.3.